The van der Waals surface area contributed by atoms with Gasteiger partial charge in [-0.2, -0.15) is 0 Å². The van der Waals surface area contributed by atoms with Crippen LogP contribution in [0.2, 0.25) is 0 Å². The van der Waals surface area contributed by atoms with Gasteiger partial charge >= 0.3 is 0 Å². The Kier molecular flexibility index (Phi) is 3.02. The molecule has 0 spiro atoms. The van der Waals surface area contributed by atoms with Crippen LogP contribution < -0.4 is 0 Å². The summed E-state index contributed by atoms with van der Waals surface area (Å²) in [5, 5.41) is 0. The molecule has 2 rings (SSSR count). The number of alkyl halides is 1. The van der Waals surface area contributed by atoms with E-state index in [1.165, 1.54) is 0 Å². The molecule has 1 aliphatic rings. The summed E-state index contributed by atoms with van der Waals surface area (Å²) < 4.78 is 24.8. The molecular weight excluding hydrogens is 236 g/mol. The molecule has 4 nitrogen and oxygen atoms in total. The fourth-order valence-corrected chi connectivity index (χ4v) is 3.72. The fourth-order valence-electron chi connectivity index (χ4n) is 1.88. The fraction of sp³-hybridized carbons (Fsp3) is 0.667. The van der Waals surface area contributed by atoms with E-state index in [4.69, 9.17) is 11.6 Å². The third kappa shape index (κ3) is 2.52. The molecule has 2 heterocycles. The van der Waals surface area contributed by atoms with Crippen LogP contribution in [0.5, 0.6) is 0 Å². The van der Waals surface area contributed by atoms with Gasteiger partial charge in [-0.1, -0.05) is 0 Å². The normalized spacial score (nSPS) is 25.3. The smallest absolute Gasteiger partial charge is 0.152 e. The highest BCUT2D eigenvalue weighted by Crippen LogP contribution is 2.23. The standard InChI is InChI=1S/C9H13ClN2O2S/c10-4-8-5-12(7-11-8)9-2-1-3-15(13,14)6-9/h5,7,9H,1-4,6H2. The lowest BCUT2D eigenvalue weighted by atomic mass is 10.2. The van der Waals surface area contributed by atoms with E-state index in [0.29, 0.717) is 11.6 Å². The topological polar surface area (TPSA) is 52.0 Å². The number of rotatable bonds is 2. The summed E-state index contributed by atoms with van der Waals surface area (Å²) >= 11 is 5.64. The molecule has 1 atom stereocenters. The molecule has 0 saturated carbocycles. The van der Waals surface area contributed by atoms with Crippen molar-refractivity contribution in [2.45, 2.75) is 24.8 Å². The molecule has 1 fully saturated rings. The Bertz CT molecular complexity index is 441. The van der Waals surface area contributed by atoms with Crippen LogP contribution >= 0.6 is 11.6 Å². The van der Waals surface area contributed by atoms with Crippen molar-refractivity contribution in [2.24, 2.45) is 0 Å². The Morgan fingerprint density at radius 3 is 3.00 bits per heavy atom. The maximum Gasteiger partial charge on any atom is 0.152 e. The van der Waals surface area contributed by atoms with Crippen molar-refractivity contribution in [3.8, 4) is 0 Å². The van der Waals surface area contributed by atoms with E-state index >= 15 is 0 Å². The molecule has 1 aromatic heterocycles. The predicted molar refractivity (Wildman–Crippen MR) is 58.7 cm³/mol. The van der Waals surface area contributed by atoms with E-state index in [2.05, 4.69) is 4.98 Å². The Hall–Kier alpha value is -0.550. The van der Waals surface area contributed by atoms with Crippen LogP contribution in [-0.2, 0) is 15.7 Å². The Labute approximate surface area is 94.2 Å². The third-order valence-electron chi connectivity index (χ3n) is 2.65. The SMILES string of the molecule is O=S1(=O)CCCC(n2cnc(CCl)c2)C1. The molecule has 1 saturated heterocycles. The average molecular weight is 249 g/mol. The van der Waals surface area contributed by atoms with Crippen molar-refractivity contribution in [3.63, 3.8) is 0 Å². The van der Waals surface area contributed by atoms with E-state index in [0.717, 1.165) is 18.5 Å². The molecule has 0 bridgehead atoms. The lowest BCUT2D eigenvalue weighted by molar-refractivity contribution is 0.470. The molecule has 0 radical (unpaired) electrons. The van der Waals surface area contributed by atoms with Gasteiger partial charge in [-0.25, -0.2) is 13.4 Å². The Balaban J connectivity index is 2.17. The van der Waals surface area contributed by atoms with Gasteiger partial charge in [0.15, 0.2) is 9.84 Å². The van der Waals surface area contributed by atoms with Gasteiger partial charge < -0.3 is 4.57 Å². The highest BCUT2D eigenvalue weighted by molar-refractivity contribution is 7.91. The van der Waals surface area contributed by atoms with Crippen LogP contribution in [0.25, 0.3) is 0 Å². The Morgan fingerprint density at radius 1 is 1.60 bits per heavy atom. The summed E-state index contributed by atoms with van der Waals surface area (Å²) in [7, 11) is -2.86. The van der Waals surface area contributed by atoms with Crippen molar-refractivity contribution < 1.29 is 8.42 Å². The molecule has 15 heavy (non-hydrogen) atoms. The van der Waals surface area contributed by atoms with Gasteiger partial charge in [-0.15, -0.1) is 11.6 Å². The number of halogens is 1. The van der Waals surface area contributed by atoms with E-state index in [1.54, 1.807) is 6.33 Å². The Morgan fingerprint density at radius 2 is 2.40 bits per heavy atom. The largest absolute Gasteiger partial charge is 0.333 e. The maximum atomic E-state index is 11.5. The number of hydrogen-bond acceptors (Lipinski definition) is 3. The molecule has 0 aromatic carbocycles. The van der Waals surface area contributed by atoms with Crippen LogP contribution in [0.15, 0.2) is 12.5 Å². The molecule has 0 N–H and O–H groups in total. The zero-order valence-electron chi connectivity index (χ0n) is 8.26. The first-order valence-electron chi connectivity index (χ1n) is 4.89. The molecule has 1 aromatic rings. The van der Waals surface area contributed by atoms with Gasteiger partial charge in [0.2, 0.25) is 0 Å². The van der Waals surface area contributed by atoms with Gasteiger partial charge in [0.1, 0.15) is 0 Å². The molecule has 0 amide bonds. The van der Waals surface area contributed by atoms with Crippen molar-refractivity contribution in [2.75, 3.05) is 11.5 Å². The summed E-state index contributed by atoms with van der Waals surface area (Å²) in [4.78, 5) is 4.09. The molecule has 1 unspecified atom stereocenters. The number of aromatic nitrogens is 2. The van der Waals surface area contributed by atoms with Crippen LogP contribution in [0.4, 0.5) is 0 Å². The van der Waals surface area contributed by atoms with Gasteiger partial charge in [0, 0.05) is 12.2 Å². The number of nitrogens with zero attached hydrogens (tertiary/aromatic N) is 2. The van der Waals surface area contributed by atoms with E-state index in [9.17, 15) is 8.42 Å². The third-order valence-corrected chi connectivity index (χ3v) is 4.73. The second-order valence-corrected chi connectivity index (χ2v) is 6.35. The molecule has 0 aliphatic carbocycles. The summed E-state index contributed by atoms with van der Waals surface area (Å²) in [6.45, 7) is 0. The van der Waals surface area contributed by atoms with Gasteiger partial charge in [-0.3, -0.25) is 0 Å². The van der Waals surface area contributed by atoms with Gasteiger partial charge in [0.05, 0.1) is 29.4 Å². The van der Waals surface area contributed by atoms with Gasteiger partial charge in [0.25, 0.3) is 0 Å². The second kappa shape index (κ2) is 4.14. The summed E-state index contributed by atoms with van der Waals surface area (Å²) in [5.41, 5.74) is 0.791. The average Bonchev–Trinajstić information content (AvgIpc) is 2.64. The first-order chi connectivity index (χ1) is 7.11. The number of imidazole rings is 1. The van der Waals surface area contributed by atoms with Crippen LogP contribution in [0.1, 0.15) is 24.6 Å². The van der Waals surface area contributed by atoms with Gasteiger partial charge in [-0.05, 0) is 12.8 Å². The molecule has 6 heteroatoms. The minimum Gasteiger partial charge on any atom is -0.333 e. The van der Waals surface area contributed by atoms with E-state index in [1.807, 2.05) is 10.8 Å². The summed E-state index contributed by atoms with van der Waals surface area (Å²) in [5.74, 6) is 0.915. The van der Waals surface area contributed by atoms with E-state index < -0.39 is 9.84 Å². The van der Waals surface area contributed by atoms with Crippen LogP contribution in [-0.4, -0.2) is 29.5 Å². The first-order valence-corrected chi connectivity index (χ1v) is 7.25. The van der Waals surface area contributed by atoms with E-state index in [-0.39, 0.29) is 11.8 Å². The lowest BCUT2D eigenvalue weighted by Gasteiger charge is -2.22. The number of hydrogen-bond donors (Lipinski definition) is 0. The molecule has 1 aliphatic heterocycles. The highest BCUT2D eigenvalue weighted by Gasteiger charge is 2.25. The maximum absolute atomic E-state index is 11.5. The molecule has 84 valence electrons. The number of sulfone groups is 1. The minimum atomic E-state index is -2.86. The zero-order chi connectivity index (χ0) is 10.9. The van der Waals surface area contributed by atoms with Crippen molar-refractivity contribution in [3.05, 3.63) is 18.2 Å². The van der Waals surface area contributed by atoms with Crippen LogP contribution in [0, 0.1) is 0 Å². The van der Waals surface area contributed by atoms with Crippen molar-refractivity contribution >= 4 is 21.4 Å². The summed E-state index contributed by atoms with van der Waals surface area (Å²) in [6.07, 6.45) is 5.14. The predicted octanol–water partition coefficient (Wildman–Crippen LogP) is 1.37. The monoisotopic (exact) mass is 248 g/mol. The molecular formula is C9H13ClN2O2S. The van der Waals surface area contributed by atoms with Crippen molar-refractivity contribution in [1.29, 1.82) is 0 Å². The summed E-state index contributed by atoms with van der Waals surface area (Å²) in [6, 6.07) is 0.0354. The first kappa shape index (κ1) is 11.0. The quantitative estimate of drug-likeness (QED) is 0.743. The minimum absolute atomic E-state index is 0.0354. The highest BCUT2D eigenvalue weighted by atomic mass is 35.5. The lowest BCUT2D eigenvalue weighted by Crippen LogP contribution is -2.26. The zero-order valence-corrected chi connectivity index (χ0v) is 9.84. The van der Waals surface area contributed by atoms with Crippen LogP contribution in [0.3, 0.4) is 0 Å². The van der Waals surface area contributed by atoms with Crippen molar-refractivity contribution in [1.82, 2.24) is 9.55 Å². The second-order valence-electron chi connectivity index (χ2n) is 3.86.